The number of ketones is 1. The van der Waals surface area contributed by atoms with E-state index < -0.39 is 0 Å². The molecular weight excluding hydrogens is 236 g/mol. The van der Waals surface area contributed by atoms with Crippen LogP contribution < -0.4 is 4.74 Å². The van der Waals surface area contributed by atoms with Crippen molar-refractivity contribution in [3.8, 4) is 5.75 Å². The zero-order valence-electron chi connectivity index (χ0n) is 11.7. The predicted molar refractivity (Wildman–Crippen MR) is 77.5 cm³/mol. The van der Waals surface area contributed by atoms with E-state index in [1.807, 2.05) is 24.3 Å². The van der Waals surface area contributed by atoms with Crippen LogP contribution in [0.2, 0.25) is 0 Å². The number of allylic oxidation sites excluding steroid dienone is 2. The van der Waals surface area contributed by atoms with Gasteiger partial charge < -0.3 is 4.74 Å². The molecule has 0 heterocycles. The summed E-state index contributed by atoms with van der Waals surface area (Å²) in [6.45, 7) is 0. The van der Waals surface area contributed by atoms with Crippen LogP contribution in [0.25, 0.3) is 0 Å². The smallest absolute Gasteiger partial charge is 0.137 e. The van der Waals surface area contributed by atoms with Gasteiger partial charge in [-0.3, -0.25) is 4.79 Å². The molecule has 0 aromatic heterocycles. The summed E-state index contributed by atoms with van der Waals surface area (Å²) in [4.78, 5) is 11.9. The fourth-order valence-corrected chi connectivity index (χ4v) is 2.48. The summed E-state index contributed by atoms with van der Waals surface area (Å²) in [6.07, 6.45) is 9.20. The van der Waals surface area contributed by atoms with Crippen molar-refractivity contribution in [2.24, 2.45) is 0 Å². The molecule has 1 aliphatic rings. The molecule has 0 spiro atoms. The van der Waals surface area contributed by atoms with Crippen molar-refractivity contribution in [1.82, 2.24) is 0 Å². The fourth-order valence-electron chi connectivity index (χ4n) is 2.48. The highest BCUT2D eigenvalue weighted by Crippen LogP contribution is 2.21. The van der Waals surface area contributed by atoms with Crippen molar-refractivity contribution in [2.45, 2.75) is 44.9 Å². The minimum atomic E-state index is 0.365. The van der Waals surface area contributed by atoms with Gasteiger partial charge in [-0.25, -0.2) is 0 Å². The van der Waals surface area contributed by atoms with Crippen molar-refractivity contribution in [1.29, 1.82) is 0 Å². The van der Waals surface area contributed by atoms with Crippen molar-refractivity contribution in [2.75, 3.05) is 7.11 Å². The van der Waals surface area contributed by atoms with Crippen molar-refractivity contribution in [3.63, 3.8) is 0 Å². The fraction of sp³-hybridized carbons (Fsp3) is 0.471. The number of carbonyl (C=O) groups excluding carboxylic acids is 1. The van der Waals surface area contributed by atoms with Gasteiger partial charge in [0, 0.05) is 12.8 Å². The van der Waals surface area contributed by atoms with Gasteiger partial charge in [-0.2, -0.15) is 0 Å². The van der Waals surface area contributed by atoms with Gasteiger partial charge in [-0.15, -0.1) is 0 Å². The summed E-state index contributed by atoms with van der Waals surface area (Å²) in [5, 5.41) is 0. The molecule has 2 heteroatoms. The number of Topliss-reactive ketones (excluding diaryl/α,β-unsaturated/α-hetero) is 1. The Morgan fingerprint density at radius 3 is 2.63 bits per heavy atom. The highest BCUT2D eigenvalue weighted by molar-refractivity contribution is 5.81. The Labute approximate surface area is 115 Å². The second-order valence-electron chi connectivity index (χ2n) is 5.17. The molecule has 0 fully saturated rings. The zero-order valence-corrected chi connectivity index (χ0v) is 11.7. The van der Waals surface area contributed by atoms with E-state index in [1.54, 1.807) is 7.11 Å². The Morgan fingerprint density at radius 2 is 2.00 bits per heavy atom. The van der Waals surface area contributed by atoms with E-state index >= 15 is 0 Å². The lowest BCUT2D eigenvalue weighted by Crippen LogP contribution is -2.04. The topological polar surface area (TPSA) is 26.3 Å². The lowest BCUT2D eigenvalue weighted by molar-refractivity contribution is -0.118. The van der Waals surface area contributed by atoms with Gasteiger partial charge in [-0.05, 0) is 49.8 Å². The van der Waals surface area contributed by atoms with Gasteiger partial charge in [0.1, 0.15) is 11.5 Å². The Bertz CT molecular complexity index is 443. The number of ether oxygens (including phenoxy) is 1. The second-order valence-corrected chi connectivity index (χ2v) is 5.17. The molecular formula is C17H22O2. The Balaban J connectivity index is 1.77. The molecule has 1 aromatic carbocycles. The normalized spacial score (nSPS) is 14.9. The number of carbonyl (C=O) groups is 1. The van der Waals surface area contributed by atoms with Crippen LogP contribution in [0.3, 0.4) is 0 Å². The molecule has 102 valence electrons. The maximum atomic E-state index is 11.9. The molecule has 19 heavy (non-hydrogen) atoms. The quantitative estimate of drug-likeness (QED) is 0.718. The minimum absolute atomic E-state index is 0.365. The van der Waals surface area contributed by atoms with Crippen LogP contribution in [0.1, 0.15) is 44.1 Å². The summed E-state index contributed by atoms with van der Waals surface area (Å²) in [5.74, 6) is 1.23. The number of benzene rings is 1. The summed E-state index contributed by atoms with van der Waals surface area (Å²) in [7, 11) is 1.66. The van der Waals surface area contributed by atoms with Crippen LogP contribution in [0.15, 0.2) is 35.9 Å². The van der Waals surface area contributed by atoms with Gasteiger partial charge >= 0.3 is 0 Å². The highest BCUT2D eigenvalue weighted by atomic mass is 16.5. The van der Waals surface area contributed by atoms with E-state index in [4.69, 9.17) is 4.74 Å². The SMILES string of the molecule is COc1ccc(CCC(=O)CC2=CCCCC2)cc1. The summed E-state index contributed by atoms with van der Waals surface area (Å²) in [6, 6.07) is 7.96. The first-order valence-corrected chi connectivity index (χ1v) is 7.10. The first-order chi connectivity index (χ1) is 9.28. The van der Waals surface area contributed by atoms with Gasteiger partial charge in [0.15, 0.2) is 0 Å². The van der Waals surface area contributed by atoms with Crippen LogP contribution >= 0.6 is 0 Å². The summed E-state index contributed by atoms with van der Waals surface area (Å²) < 4.78 is 5.12. The van der Waals surface area contributed by atoms with Gasteiger partial charge in [-0.1, -0.05) is 23.8 Å². The second kappa shape index (κ2) is 7.13. The van der Waals surface area contributed by atoms with E-state index in [9.17, 15) is 4.79 Å². The van der Waals surface area contributed by atoms with E-state index in [1.165, 1.54) is 24.0 Å². The molecule has 2 rings (SSSR count). The van der Waals surface area contributed by atoms with E-state index in [0.29, 0.717) is 18.6 Å². The van der Waals surface area contributed by atoms with Gasteiger partial charge in [0.05, 0.1) is 7.11 Å². The highest BCUT2D eigenvalue weighted by Gasteiger charge is 2.09. The largest absolute Gasteiger partial charge is 0.497 e. The van der Waals surface area contributed by atoms with E-state index in [0.717, 1.165) is 25.0 Å². The van der Waals surface area contributed by atoms with Crippen molar-refractivity contribution < 1.29 is 9.53 Å². The van der Waals surface area contributed by atoms with Crippen LogP contribution in [-0.2, 0) is 11.2 Å². The number of hydrogen-bond acceptors (Lipinski definition) is 2. The van der Waals surface area contributed by atoms with Crippen LogP contribution in [-0.4, -0.2) is 12.9 Å². The lowest BCUT2D eigenvalue weighted by Gasteiger charge is -2.11. The molecule has 0 saturated heterocycles. The molecule has 1 aromatic rings. The Morgan fingerprint density at radius 1 is 1.21 bits per heavy atom. The van der Waals surface area contributed by atoms with Gasteiger partial charge in [0.2, 0.25) is 0 Å². The van der Waals surface area contributed by atoms with Crippen LogP contribution in [0.5, 0.6) is 5.75 Å². The summed E-state index contributed by atoms with van der Waals surface area (Å²) in [5.41, 5.74) is 2.55. The molecule has 1 aliphatic carbocycles. The molecule has 0 radical (unpaired) electrons. The average Bonchev–Trinajstić information content (AvgIpc) is 2.47. The van der Waals surface area contributed by atoms with E-state index in [-0.39, 0.29) is 0 Å². The zero-order chi connectivity index (χ0) is 13.5. The predicted octanol–water partition coefficient (Wildman–Crippen LogP) is 4.09. The molecule has 0 atom stereocenters. The maximum absolute atomic E-state index is 11.9. The third-order valence-electron chi connectivity index (χ3n) is 3.66. The average molecular weight is 258 g/mol. The van der Waals surface area contributed by atoms with Crippen LogP contribution in [0, 0.1) is 0 Å². The number of hydrogen-bond donors (Lipinski definition) is 0. The standard InChI is InChI=1S/C17H22O2/c1-19-17-11-8-14(9-12-17)7-10-16(18)13-15-5-3-2-4-6-15/h5,8-9,11-12H,2-4,6-7,10,13H2,1H3. The molecule has 0 N–H and O–H groups in total. The van der Waals surface area contributed by atoms with Crippen molar-refractivity contribution in [3.05, 3.63) is 41.5 Å². The van der Waals surface area contributed by atoms with Crippen molar-refractivity contribution >= 4 is 5.78 Å². The van der Waals surface area contributed by atoms with E-state index in [2.05, 4.69) is 6.08 Å². The molecule has 2 nitrogen and oxygen atoms in total. The Hall–Kier alpha value is -1.57. The number of rotatable bonds is 6. The summed E-state index contributed by atoms with van der Waals surface area (Å²) >= 11 is 0. The number of aryl methyl sites for hydroxylation is 1. The molecule has 0 bridgehead atoms. The molecule has 0 saturated carbocycles. The lowest BCUT2D eigenvalue weighted by atomic mass is 9.94. The Kier molecular flexibility index (Phi) is 5.20. The number of methoxy groups -OCH3 is 1. The van der Waals surface area contributed by atoms with Crippen LogP contribution in [0.4, 0.5) is 0 Å². The molecule has 0 amide bonds. The molecule has 0 aliphatic heterocycles. The first-order valence-electron chi connectivity index (χ1n) is 7.10. The maximum Gasteiger partial charge on any atom is 0.137 e. The monoisotopic (exact) mass is 258 g/mol. The van der Waals surface area contributed by atoms with Gasteiger partial charge in [0.25, 0.3) is 0 Å². The minimum Gasteiger partial charge on any atom is -0.497 e. The third-order valence-corrected chi connectivity index (χ3v) is 3.66. The molecule has 0 unspecified atom stereocenters. The first kappa shape index (κ1) is 13.9. The third kappa shape index (κ3) is 4.55.